The number of rotatable bonds is 4. The molecule has 2 N–H and O–H groups in total. The Kier molecular flexibility index (Phi) is 3.54. The minimum absolute atomic E-state index is 0.215. The van der Waals surface area contributed by atoms with E-state index in [1.165, 1.54) is 0 Å². The van der Waals surface area contributed by atoms with Crippen molar-refractivity contribution in [2.45, 2.75) is 26.8 Å². The van der Waals surface area contributed by atoms with E-state index in [0.717, 1.165) is 16.8 Å². The quantitative estimate of drug-likeness (QED) is 0.769. The third-order valence-electron chi connectivity index (χ3n) is 3.15. The van der Waals surface area contributed by atoms with Crippen molar-refractivity contribution in [1.82, 2.24) is 10.1 Å². The first-order chi connectivity index (χ1) is 10.5. The number of oxazole rings is 1. The third-order valence-corrected chi connectivity index (χ3v) is 3.15. The van der Waals surface area contributed by atoms with Crippen molar-refractivity contribution >= 4 is 28.6 Å². The Balaban J connectivity index is 1.68. The van der Waals surface area contributed by atoms with Gasteiger partial charge in [-0.15, -0.1) is 0 Å². The summed E-state index contributed by atoms with van der Waals surface area (Å²) in [5, 5.41) is 9.49. The van der Waals surface area contributed by atoms with Crippen LogP contribution in [0, 0.1) is 13.8 Å². The summed E-state index contributed by atoms with van der Waals surface area (Å²) in [6.45, 7) is 5.34. The van der Waals surface area contributed by atoms with Crippen LogP contribution in [0.25, 0.3) is 11.1 Å². The summed E-state index contributed by atoms with van der Waals surface area (Å²) in [5.41, 5.74) is 2.97. The molecule has 2 heterocycles. The lowest BCUT2D eigenvalue weighted by molar-refractivity contribution is -0.116. The molecule has 0 aliphatic carbocycles. The zero-order valence-electron chi connectivity index (χ0n) is 12.5. The van der Waals surface area contributed by atoms with Gasteiger partial charge >= 0.3 is 0 Å². The van der Waals surface area contributed by atoms with Gasteiger partial charge in [-0.3, -0.25) is 10.1 Å². The number of aromatic nitrogens is 2. The van der Waals surface area contributed by atoms with Crippen LogP contribution in [-0.2, 0) is 4.79 Å². The second-order valence-electron chi connectivity index (χ2n) is 5.10. The number of anilines is 2. The molecule has 1 aromatic carbocycles. The highest BCUT2D eigenvalue weighted by Crippen LogP contribution is 2.20. The number of hydrogen-bond donors (Lipinski definition) is 2. The van der Waals surface area contributed by atoms with E-state index in [4.69, 9.17) is 8.94 Å². The Hall–Kier alpha value is -2.83. The largest absolute Gasteiger partial charge is 0.441 e. The Morgan fingerprint density at radius 1 is 1.27 bits per heavy atom. The first-order valence-electron chi connectivity index (χ1n) is 6.89. The molecule has 22 heavy (non-hydrogen) atoms. The molecule has 0 saturated carbocycles. The van der Waals surface area contributed by atoms with Crippen LogP contribution in [0.4, 0.5) is 11.6 Å². The van der Waals surface area contributed by atoms with Gasteiger partial charge in [0, 0.05) is 18.7 Å². The first-order valence-corrected chi connectivity index (χ1v) is 6.89. The Labute approximate surface area is 126 Å². The summed E-state index contributed by atoms with van der Waals surface area (Å²) in [5.74, 6) is 0.727. The average Bonchev–Trinajstić information content (AvgIpc) is 3.03. The molecule has 0 unspecified atom stereocenters. The Bertz CT molecular complexity index is 821. The molecule has 0 aliphatic heterocycles. The minimum Gasteiger partial charge on any atom is -0.441 e. The number of carbonyl (C=O) groups excluding carboxylic acids is 1. The summed E-state index contributed by atoms with van der Waals surface area (Å²) in [4.78, 5) is 16.4. The molecule has 2 aromatic heterocycles. The van der Waals surface area contributed by atoms with Crippen LogP contribution in [0.5, 0.6) is 0 Å². The topological polar surface area (TPSA) is 93.2 Å². The summed E-state index contributed by atoms with van der Waals surface area (Å²) in [6, 6.07) is 6.72. The predicted octanol–water partition coefficient (Wildman–Crippen LogP) is 2.87. The van der Waals surface area contributed by atoms with Crippen LogP contribution in [0.3, 0.4) is 0 Å². The van der Waals surface area contributed by atoms with E-state index in [2.05, 4.69) is 20.8 Å². The molecule has 0 fully saturated rings. The van der Waals surface area contributed by atoms with E-state index in [1.807, 2.05) is 18.2 Å². The van der Waals surface area contributed by atoms with Gasteiger partial charge in [0.2, 0.25) is 11.8 Å². The van der Waals surface area contributed by atoms with Gasteiger partial charge in [-0.1, -0.05) is 5.16 Å². The van der Waals surface area contributed by atoms with Crippen molar-refractivity contribution < 1.29 is 13.7 Å². The number of fused-ring (bicyclic) bond motifs is 1. The summed E-state index contributed by atoms with van der Waals surface area (Å²) in [7, 11) is 0. The zero-order valence-corrected chi connectivity index (χ0v) is 12.5. The van der Waals surface area contributed by atoms with E-state index < -0.39 is 6.04 Å². The highest BCUT2D eigenvalue weighted by molar-refractivity contribution is 5.95. The lowest BCUT2D eigenvalue weighted by Gasteiger charge is -2.13. The van der Waals surface area contributed by atoms with Crippen molar-refractivity contribution in [1.29, 1.82) is 0 Å². The highest BCUT2D eigenvalue weighted by Gasteiger charge is 2.15. The molecule has 0 bridgehead atoms. The Morgan fingerprint density at radius 2 is 2.09 bits per heavy atom. The van der Waals surface area contributed by atoms with Gasteiger partial charge in [-0.25, -0.2) is 4.98 Å². The van der Waals surface area contributed by atoms with Crippen LogP contribution in [0.2, 0.25) is 0 Å². The number of carbonyl (C=O) groups is 1. The second-order valence-corrected chi connectivity index (χ2v) is 5.10. The molecule has 7 nitrogen and oxygen atoms in total. The van der Waals surface area contributed by atoms with Gasteiger partial charge in [-0.05, 0) is 32.0 Å². The highest BCUT2D eigenvalue weighted by atomic mass is 16.5. The van der Waals surface area contributed by atoms with Gasteiger partial charge in [0.05, 0.1) is 5.69 Å². The van der Waals surface area contributed by atoms with E-state index in [0.29, 0.717) is 17.5 Å². The van der Waals surface area contributed by atoms with E-state index >= 15 is 0 Å². The first kappa shape index (κ1) is 14.1. The SMILES string of the molecule is Cc1cc(NC(=O)[C@@H](C)Nc2ccc3oc(C)nc3c2)on1. The van der Waals surface area contributed by atoms with Crippen LogP contribution >= 0.6 is 0 Å². The number of benzene rings is 1. The summed E-state index contributed by atoms with van der Waals surface area (Å²) >= 11 is 0. The number of nitrogens with zero attached hydrogens (tertiary/aromatic N) is 2. The van der Waals surface area contributed by atoms with Crippen molar-refractivity contribution in [3.8, 4) is 0 Å². The maximum atomic E-state index is 12.1. The van der Waals surface area contributed by atoms with Crippen LogP contribution in [0.15, 0.2) is 33.2 Å². The molecular weight excluding hydrogens is 284 g/mol. The molecule has 1 amide bonds. The molecule has 0 saturated heterocycles. The molecule has 0 aliphatic rings. The van der Waals surface area contributed by atoms with Gasteiger partial charge in [-0.2, -0.15) is 0 Å². The fourth-order valence-corrected chi connectivity index (χ4v) is 2.10. The summed E-state index contributed by atoms with van der Waals surface area (Å²) < 4.78 is 10.4. The number of hydrogen-bond acceptors (Lipinski definition) is 6. The van der Waals surface area contributed by atoms with Crippen LogP contribution in [0.1, 0.15) is 18.5 Å². The molecular formula is C15H16N4O3. The van der Waals surface area contributed by atoms with Gasteiger partial charge in [0.15, 0.2) is 11.5 Å². The zero-order chi connectivity index (χ0) is 15.7. The third kappa shape index (κ3) is 2.93. The fraction of sp³-hybridized carbons (Fsp3) is 0.267. The van der Waals surface area contributed by atoms with Crippen molar-refractivity contribution in [3.05, 3.63) is 35.9 Å². The fourth-order valence-electron chi connectivity index (χ4n) is 2.10. The van der Waals surface area contributed by atoms with Crippen molar-refractivity contribution in [2.75, 3.05) is 10.6 Å². The molecule has 3 aromatic rings. The predicted molar refractivity (Wildman–Crippen MR) is 81.7 cm³/mol. The normalized spacial score (nSPS) is 12.3. The average molecular weight is 300 g/mol. The smallest absolute Gasteiger partial charge is 0.248 e. The molecule has 114 valence electrons. The lowest BCUT2D eigenvalue weighted by atomic mass is 10.2. The monoisotopic (exact) mass is 300 g/mol. The van der Waals surface area contributed by atoms with E-state index in [9.17, 15) is 4.79 Å². The summed E-state index contributed by atoms with van der Waals surface area (Å²) in [6.07, 6.45) is 0. The number of nitrogens with one attached hydrogen (secondary N) is 2. The molecule has 0 radical (unpaired) electrons. The van der Waals surface area contributed by atoms with Crippen molar-refractivity contribution in [2.24, 2.45) is 0 Å². The second kappa shape index (κ2) is 5.51. The lowest BCUT2D eigenvalue weighted by Crippen LogP contribution is -2.31. The standard InChI is InChI=1S/C15H16N4O3/c1-8-6-14(22-19-8)18-15(20)9(2)16-11-4-5-13-12(7-11)17-10(3)21-13/h4-7,9,16H,1-3H3,(H,18,20)/t9-/m1/s1. The van der Waals surface area contributed by atoms with Crippen molar-refractivity contribution in [3.63, 3.8) is 0 Å². The van der Waals surface area contributed by atoms with Crippen LogP contribution in [-0.4, -0.2) is 22.1 Å². The minimum atomic E-state index is -0.448. The maximum Gasteiger partial charge on any atom is 0.248 e. The van der Waals surface area contributed by atoms with E-state index in [-0.39, 0.29) is 5.91 Å². The molecule has 1 atom stereocenters. The molecule has 7 heteroatoms. The van der Waals surface area contributed by atoms with Gasteiger partial charge in [0.1, 0.15) is 11.6 Å². The van der Waals surface area contributed by atoms with Crippen LogP contribution < -0.4 is 10.6 Å². The van der Waals surface area contributed by atoms with E-state index in [1.54, 1.807) is 26.8 Å². The number of aryl methyl sites for hydroxylation is 2. The maximum absolute atomic E-state index is 12.1. The van der Waals surface area contributed by atoms with Gasteiger partial charge in [0.25, 0.3) is 0 Å². The molecule has 0 spiro atoms. The van der Waals surface area contributed by atoms with Gasteiger partial charge < -0.3 is 14.3 Å². The molecule has 3 rings (SSSR count). The number of amides is 1. The Morgan fingerprint density at radius 3 is 2.82 bits per heavy atom.